The van der Waals surface area contributed by atoms with Crippen LogP contribution in [0.15, 0.2) is 36.7 Å². The Labute approximate surface area is 210 Å². The smallest absolute Gasteiger partial charge is 0.242 e. The molecular weight excluding hydrogens is 454 g/mol. The number of amides is 1. The quantitative estimate of drug-likeness (QED) is 0.156. The molecule has 0 bridgehead atoms. The van der Waals surface area contributed by atoms with E-state index in [1.165, 1.54) is 12.5 Å². The van der Waals surface area contributed by atoms with Gasteiger partial charge in [-0.15, -0.1) is 0 Å². The molecule has 0 fully saturated rings. The maximum atomic E-state index is 12.5. The monoisotopic (exact) mass is 485 g/mol. The highest BCUT2D eigenvalue weighted by atomic mass is 16.2. The van der Waals surface area contributed by atoms with E-state index < -0.39 is 6.04 Å². The van der Waals surface area contributed by atoms with Crippen LogP contribution in [-0.2, 0) is 4.79 Å². The summed E-state index contributed by atoms with van der Waals surface area (Å²) in [6, 6.07) is 8.79. The van der Waals surface area contributed by atoms with Crippen molar-refractivity contribution in [3.63, 3.8) is 0 Å². The van der Waals surface area contributed by atoms with Gasteiger partial charge in [0.25, 0.3) is 0 Å². The topological polar surface area (TPSA) is 161 Å². The van der Waals surface area contributed by atoms with Gasteiger partial charge in [-0.25, -0.2) is 15.0 Å². The molecule has 0 aliphatic carbocycles. The molecule has 0 saturated heterocycles. The molecule has 0 aliphatic heterocycles. The fraction of sp³-hybridized carbons (Fsp3) is 0.231. The molecule has 2 heterocycles. The lowest BCUT2D eigenvalue weighted by Crippen LogP contribution is -2.73. The predicted octanol–water partition coefficient (Wildman–Crippen LogP) is 0.520. The van der Waals surface area contributed by atoms with Crippen LogP contribution in [0.1, 0.15) is 36.4 Å². The molecule has 1 amide bonds. The molecule has 10 nitrogen and oxygen atoms in total. The van der Waals surface area contributed by atoms with Crippen LogP contribution in [0.5, 0.6) is 0 Å². The summed E-state index contributed by atoms with van der Waals surface area (Å²) in [5, 5.41) is 25.3. The number of rotatable bonds is 8. The van der Waals surface area contributed by atoms with Gasteiger partial charge in [0, 0.05) is 23.4 Å². The van der Waals surface area contributed by atoms with E-state index >= 15 is 0 Å². The van der Waals surface area contributed by atoms with Crippen molar-refractivity contribution in [3.05, 3.63) is 59.2 Å². The van der Waals surface area contributed by atoms with Crippen molar-refractivity contribution >= 4 is 35.0 Å². The Bertz CT molecular complexity index is 1370. The molecule has 1 aromatic carbocycles. The number of carbonyl (C=O) groups excluding carboxylic acids is 1. The van der Waals surface area contributed by atoms with Gasteiger partial charge in [0.05, 0.1) is 31.4 Å². The van der Waals surface area contributed by atoms with Gasteiger partial charge in [0.1, 0.15) is 34.9 Å². The van der Waals surface area contributed by atoms with Crippen molar-refractivity contribution in [1.82, 2.24) is 20.3 Å². The fourth-order valence-corrected chi connectivity index (χ4v) is 3.54. The number of hydrogen-bond acceptors (Lipinski definition) is 7. The first-order valence-corrected chi connectivity index (χ1v) is 11.5. The molecule has 0 spiro atoms. The average molecular weight is 486 g/mol. The summed E-state index contributed by atoms with van der Waals surface area (Å²) in [6.07, 6.45) is 2.73. The number of nitrogens with zero attached hydrogens (tertiary/aromatic N) is 3. The Balaban J connectivity index is 2.14. The summed E-state index contributed by atoms with van der Waals surface area (Å²) in [7, 11) is 5.50. The zero-order valence-electron chi connectivity index (χ0n) is 21.0. The first kappa shape index (κ1) is 26.3. The zero-order valence-corrected chi connectivity index (χ0v) is 21.0. The van der Waals surface area contributed by atoms with Gasteiger partial charge in [-0.1, -0.05) is 5.92 Å². The maximum absolute atomic E-state index is 12.5. The van der Waals surface area contributed by atoms with E-state index in [0.29, 0.717) is 34.2 Å². The second-order valence-electron chi connectivity index (χ2n) is 8.05. The van der Waals surface area contributed by atoms with Crippen molar-refractivity contribution in [2.75, 3.05) is 26.5 Å². The highest BCUT2D eigenvalue weighted by Gasteiger charge is 2.19. The van der Waals surface area contributed by atoms with Gasteiger partial charge in [-0.2, -0.15) is 0 Å². The largest absolute Gasteiger partial charge is 0.316 e. The highest BCUT2D eigenvalue weighted by Crippen LogP contribution is 2.27. The van der Waals surface area contributed by atoms with Gasteiger partial charge < -0.3 is 32.1 Å². The van der Waals surface area contributed by atoms with Gasteiger partial charge >= 0.3 is 0 Å². The Hall–Kier alpha value is -4.30. The summed E-state index contributed by atoms with van der Waals surface area (Å²) < 4.78 is 0. The van der Waals surface area contributed by atoms with Gasteiger partial charge in [0.15, 0.2) is 5.69 Å². The predicted molar refractivity (Wildman–Crippen MR) is 140 cm³/mol. The van der Waals surface area contributed by atoms with Crippen LogP contribution >= 0.6 is 0 Å². The van der Waals surface area contributed by atoms with E-state index in [0.717, 1.165) is 22.5 Å². The van der Waals surface area contributed by atoms with E-state index in [1.807, 2.05) is 42.9 Å². The lowest BCUT2D eigenvalue weighted by Gasteiger charge is -2.13. The molecule has 8 N–H and O–H groups in total. The van der Waals surface area contributed by atoms with Crippen LogP contribution < -0.4 is 21.3 Å². The second-order valence-corrected chi connectivity index (χ2v) is 8.05. The number of nitrogens with one attached hydrogen (secondary N) is 4. The molecule has 184 valence electrons. The normalized spacial score (nSPS) is 11.2. The molecule has 3 aromatic rings. The number of pyridine rings is 1. The first-order chi connectivity index (χ1) is 17.3. The van der Waals surface area contributed by atoms with Crippen molar-refractivity contribution < 1.29 is 15.4 Å². The average Bonchev–Trinajstić information content (AvgIpc) is 2.90. The number of likely N-dealkylation sites (N-methyl/N-ethyl adjacent to an activating group) is 1. The zero-order chi connectivity index (χ0) is 26.2. The van der Waals surface area contributed by atoms with Crippen LogP contribution in [0.4, 0.5) is 17.2 Å². The highest BCUT2D eigenvalue weighted by molar-refractivity contribution is 6.00. The molecule has 3 rings (SSSR count). The van der Waals surface area contributed by atoms with Gasteiger partial charge in [0.2, 0.25) is 5.91 Å². The number of aromatic nitrogens is 3. The molecule has 1 unspecified atom stereocenters. The minimum absolute atomic E-state index is 0.232. The first-order valence-electron chi connectivity index (χ1n) is 11.5. The third-order valence-electron chi connectivity index (χ3n) is 5.59. The summed E-state index contributed by atoms with van der Waals surface area (Å²) in [6.45, 7) is 3.43. The van der Waals surface area contributed by atoms with Crippen molar-refractivity contribution in [3.8, 4) is 23.1 Å². The minimum atomic E-state index is -0.413. The van der Waals surface area contributed by atoms with Crippen LogP contribution in [0.3, 0.4) is 0 Å². The number of benzene rings is 1. The lowest BCUT2D eigenvalue weighted by molar-refractivity contribution is -0.539. The molecule has 36 heavy (non-hydrogen) atoms. The number of anilines is 1. The van der Waals surface area contributed by atoms with E-state index in [4.69, 9.17) is 10.8 Å². The standard InChI is InChI=1S/C26H29N9O/c1-15(28)23-25(31-5)24(33-14-32-23)18-11-20(34-22(12-18)35-26(36)16(2)29-3)8-6-17-7-9-21(30-4)19(10-17)13-27/h7,9-14,16,27-31H,1-5H3,(H,34,35,36)/p+2. The van der Waals surface area contributed by atoms with Crippen molar-refractivity contribution in [1.29, 1.82) is 10.8 Å². The van der Waals surface area contributed by atoms with E-state index in [1.54, 1.807) is 33.0 Å². The molecule has 1 atom stereocenters. The molecular formula is C26H31N9O+2. The molecule has 0 radical (unpaired) electrons. The van der Waals surface area contributed by atoms with E-state index in [9.17, 15) is 4.79 Å². The number of carbonyl (C=O) groups is 1. The summed E-state index contributed by atoms with van der Waals surface area (Å²) in [5.41, 5.74) is 5.81. The van der Waals surface area contributed by atoms with Gasteiger partial charge in [-0.3, -0.25) is 4.79 Å². The third-order valence-corrected chi connectivity index (χ3v) is 5.59. The van der Waals surface area contributed by atoms with Crippen LogP contribution in [-0.4, -0.2) is 60.0 Å². The number of quaternary nitrogens is 2. The van der Waals surface area contributed by atoms with Crippen LogP contribution in [0.2, 0.25) is 0 Å². The van der Waals surface area contributed by atoms with E-state index in [-0.39, 0.29) is 5.91 Å². The van der Waals surface area contributed by atoms with Crippen LogP contribution in [0.25, 0.3) is 11.3 Å². The summed E-state index contributed by atoms with van der Waals surface area (Å²) >= 11 is 0. The summed E-state index contributed by atoms with van der Waals surface area (Å²) in [5.74, 6) is 6.30. The fourth-order valence-electron chi connectivity index (χ4n) is 3.54. The Morgan fingerprint density at radius 3 is 2.56 bits per heavy atom. The molecule has 10 heteroatoms. The number of nitrogens with two attached hydrogens (primary N) is 2. The molecule has 2 aromatic heterocycles. The van der Waals surface area contributed by atoms with Crippen LogP contribution in [0, 0.1) is 22.7 Å². The maximum Gasteiger partial charge on any atom is 0.242 e. The minimum Gasteiger partial charge on any atom is -0.316 e. The van der Waals surface area contributed by atoms with Crippen molar-refractivity contribution in [2.45, 2.75) is 19.9 Å². The number of hydrogen-bond donors (Lipinski definition) is 6. The Kier molecular flexibility index (Phi) is 8.70. The SMILES string of the molecule is CNC(C)C(=O)Nc1cc(-c2ncnc(C(C)=N)c2[NH2+]C)cc(C#Cc2ccc([NH2+]C)c(C=N)c2)n1. The lowest BCUT2D eigenvalue weighted by atomic mass is 10.1. The molecule has 0 aliphatic rings. The Morgan fingerprint density at radius 1 is 1.14 bits per heavy atom. The molecule has 0 saturated carbocycles. The second kappa shape index (κ2) is 11.9. The van der Waals surface area contributed by atoms with Gasteiger partial charge in [-0.05, 0) is 51.1 Å². The summed E-state index contributed by atoms with van der Waals surface area (Å²) in [4.78, 5) is 25.8. The third kappa shape index (κ3) is 6.03. The van der Waals surface area contributed by atoms with E-state index in [2.05, 4.69) is 37.4 Å². The Morgan fingerprint density at radius 2 is 1.92 bits per heavy atom. The van der Waals surface area contributed by atoms with Crippen molar-refractivity contribution in [2.24, 2.45) is 0 Å².